The van der Waals surface area contributed by atoms with E-state index < -0.39 is 0 Å². The van der Waals surface area contributed by atoms with Crippen LogP contribution in [0, 0.1) is 0 Å². The van der Waals surface area contributed by atoms with Gasteiger partial charge < -0.3 is 10.1 Å². The molecule has 2 rings (SSSR count). The molecule has 1 aromatic rings. The predicted octanol–water partition coefficient (Wildman–Crippen LogP) is 2.36. The topological polar surface area (TPSA) is 21.3 Å². The minimum absolute atomic E-state index is 0.309. The monoisotopic (exact) mass is 211 g/mol. The summed E-state index contributed by atoms with van der Waals surface area (Å²) in [5.41, 5.74) is 1.45. The molecule has 78 valence electrons. The Labute approximate surface area is 89.3 Å². The molecule has 1 aliphatic rings. The third kappa shape index (κ3) is 1.72. The fourth-order valence-corrected chi connectivity index (χ4v) is 3.08. The number of hydrogen-bond donors (Lipinski definition) is 1. The third-order valence-electron chi connectivity index (χ3n) is 2.91. The van der Waals surface area contributed by atoms with E-state index in [0.717, 1.165) is 13.0 Å². The molecule has 0 saturated carbocycles. The Morgan fingerprint density at radius 3 is 3.29 bits per heavy atom. The molecule has 2 nitrogen and oxygen atoms in total. The summed E-state index contributed by atoms with van der Waals surface area (Å²) < 4.78 is 5.51. The molecule has 0 bridgehead atoms. The Bertz CT molecular complexity index is 293. The van der Waals surface area contributed by atoms with Crippen molar-refractivity contribution in [3.8, 4) is 0 Å². The second kappa shape index (κ2) is 4.43. The van der Waals surface area contributed by atoms with Crippen molar-refractivity contribution < 1.29 is 4.74 Å². The van der Waals surface area contributed by atoms with Crippen molar-refractivity contribution in [2.75, 3.05) is 13.7 Å². The van der Waals surface area contributed by atoms with Crippen molar-refractivity contribution in [2.24, 2.45) is 0 Å². The summed E-state index contributed by atoms with van der Waals surface area (Å²) in [5.74, 6) is 0. The molecule has 1 aromatic heterocycles. The van der Waals surface area contributed by atoms with Crippen molar-refractivity contribution in [1.82, 2.24) is 5.32 Å². The van der Waals surface area contributed by atoms with Gasteiger partial charge in [0.25, 0.3) is 0 Å². The van der Waals surface area contributed by atoms with E-state index in [4.69, 9.17) is 4.74 Å². The third-order valence-corrected chi connectivity index (χ3v) is 3.90. The summed E-state index contributed by atoms with van der Waals surface area (Å²) >= 11 is 1.87. The van der Waals surface area contributed by atoms with Crippen molar-refractivity contribution in [3.05, 3.63) is 21.9 Å². The molecule has 0 aromatic carbocycles. The minimum atomic E-state index is 0.309. The molecule has 0 radical (unpaired) electrons. The molecule has 14 heavy (non-hydrogen) atoms. The molecule has 2 heterocycles. The first-order valence-electron chi connectivity index (χ1n) is 5.19. The van der Waals surface area contributed by atoms with Gasteiger partial charge in [-0.3, -0.25) is 0 Å². The van der Waals surface area contributed by atoms with Gasteiger partial charge in [-0.05, 0) is 29.9 Å². The van der Waals surface area contributed by atoms with Crippen LogP contribution in [-0.4, -0.2) is 19.8 Å². The summed E-state index contributed by atoms with van der Waals surface area (Å²) in [6.45, 7) is 3.26. The molecule has 0 saturated heterocycles. The Balaban J connectivity index is 2.22. The fraction of sp³-hybridized carbons (Fsp3) is 0.636. The summed E-state index contributed by atoms with van der Waals surface area (Å²) in [4.78, 5) is 1.53. The lowest BCUT2D eigenvalue weighted by Gasteiger charge is -2.30. The summed E-state index contributed by atoms with van der Waals surface area (Å²) in [7, 11) is 1.80. The zero-order chi connectivity index (χ0) is 9.97. The highest BCUT2D eigenvalue weighted by Gasteiger charge is 2.26. The molecular weight excluding hydrogens is 194 g/mol. The largest absolute Gasteiger partial charge is 0.379 e. The van der Waals surface area contributed by atoms with Crippen LogP contribution in [0.1, 0.15) is 29.8 Å². The molecule has 1 aliphatic heterocycles. The van der Waals surface area contributed by atoms with Gasteiger partial charge in [-0.2, -0.15) is 0 Å². The molecule has 0 amide bonds. The lowest BCUT2D eigenvalue weighted by molar-refractivity contribution is 0.0633. The van der Waals surface area contributed by atoms with Gasteiger partial charge in [0.05, 0.1) is 12.1 Å². The number of fused-ring (bicyclic) bond motifs is 1. The standard InChI is InChI=1S/C11H17NOS/c1-3-9(13-2)11-8-5-7-14-10(8)4-6-12-11/h5,7,9,11-12H,3-4,6H2,1-2H3. The van der Waals surface area contributed by atoms with Crippen molar-refractivity contribution in [1.29, 1.82) is 0 Å². The van der Waals surface area contributed by atoms with E-state index in [-0.39, 0.29) is 0 Å². The van der Waals surface area contributed by atoms with E-state index in [9.17, 15) is 0 Å². The Kier molecular flexibility index (Phi) is 3.21. The summed E-state index contributed by atoms with van der Waals surface area (Å²) in [6, 6.07) is 2.64. The van der Waals surface area contributed by atoms with E-state index in [2.05, 4.69) is 23.7 Å². The smallest absolute Gasteiger partial charge is 0.0763 e. The van der Waals surface area contributed by atoms with E-state index in [1.807, 2.05) is 11.3 Å². The van der Waals surface area contributed by atoms with Gasteiger partial charge in [0.1, 0.15) is 0 Å². The van der Waals surface area contributed by atoms with E-state index in [1.165, 1.54) is 16.9 Å². The molecule has 2 unspecified atom stereocenters. The number of ether oxygens (including phenoxy) is 1. The second-order valence-electron chi connectivity index (χ2n) is 3.66. The van der Waals surface area contributed by atoms with Crippen molar-refractivity contribution >= 4 is 11.3 Å². The van der Waals surface area contributed by atoms with Gasteiger partial charge in [0.15, 0.2) is 0 Å². The molecular formula is C11H17NOS. The van der Waals surface area contributed by atoms with E-state index in [0.29, 0.717) is 12.1 Å². The first kappa shape index (κ1) is 10.1. The van der Waals surface area contributed by atoms with Gasteiger partial charge in [0.2, 0.25) is 0 Å². The molecule has 0 fully saturated rings. The molecule has 1 N–H and O–H groups in total. The average molecular weight is 211 g/mol. The first-order chi connectivity index (χ1) is 6.86. The van der Waals surface area contributed by atoms with Gasteiger partial charge in [-0.15, -0.1) is 11.3 Å². The van der Waals surface area contributed by atoms with Crippen LogP contribution in [-0.2, 0) is 11.2 Å². The van der Waals surface area contributed by atoms with Crippen LogP contribution in [0.25, 0.3) is 0 Å². The van der Waals surface area contributed by atoms with Gasteiger partial charge in [-0.1, -0.05) is 6.92 Å². The minimum Gasteiger partial charge on any atom is -0.379 e. The molecule has 3 heteroatoms. The van der Waals surface area contributed by atoms with Crippen LogP contribution in [0.4, 0.5) is 0 Å². The van der Waals surface area contributed by atoms with Crippen LogP contribution < -0.4 is 5.32 Å². The van der Waals surface area contributed by atoms with E-state index in [1.54, 1.807) is 7.11 Å². The van der Waals surface area contributed by atoms with Crippen LogP contribution in [0.2, 0.25) is 0 Å². The first-order valence-corrected chi connectivity index (χ1v) is 6.07. The van der Waals surface area contributed by atoms with Gasteiger partial charge in [0, 0.05) is 18.5 Å². The van der Waals surface area contributed by atoms with Crippen LogP contribution in [0.5, 0.6) is 0 Å². The number of hydrogen-bond acceptors (Lipinski definition) is 3. The maximum Gasteiger partial charge on any atom is 0.0763 e. The lowest BCUT2D eigenvalue weighted by Crippen LogP contribution is -2.37. The molecule has 2 atom stereocenters. The fourth-order valence-electron chi connectivity index (χ4n) is 2.15. The highest BCUT2D eigenvalue weighted by atomic mass is 32.1. The number of nitrogens with one attached hydrogen (secondary N) is 1. The van der Waals surface area contributed by atoms with Crippen molar-refractivity contribution in [3.63, 3.8) is 0 Å². The van der Waals surface area contributed by atoms with Crippen LogP contribution >= 0.6 is 11.3 Å². The Hall–Kier alpha value is -0.380. The second-order valence-corrected chi connectivity index (χ2v) is 4.66. The summed E-state index contributed by atoms with van der Waals surface area (Å²) in [6.07, 6.45) is 2.54. The zero-order valence-corrected chi connectivity index (χ0v) is 9.56. The van der Waals surface area contributed by atoms with Gasteiger partial charge in [-0.25, -0.2) is 0 Å². The Morgan fingerprint density at radius 1 is 1.71 bits per heavy atom. The SMILES string of the molecule is CCC(OC)C1NCCc2sccc21. The maximum atomic E-state index is 5.51. The summed E-state index contributed by atoms with van der Waals surface area (Å²) in [5, 5.41) is 5.73. The Morgan fingerprint density at radius 2 is 2.57 bits per heavy atom. The number of rotatable bonds is 3. The molecule has 0 spiro atoms. The normalized spacial score (nSPS) is 23.1. The number of methoxy groups -OCH3 is 1. The highest BCUT2D eigenvalue weighted by molar-refractivity contribution is 7.10. The predicted molar refractivity (Wildman–Crippen MR) is 59.9 cm³/mol. The van der Waals surface area contributed by atoms with Crippen LogP contribution in [0.15, 0.2) is 11.4 Å². The van der Waals surface area contributed by atoms with Crippen LogP contribution in [0.3, 0.4) is 0 Å². The van der Waals surface area contributed by atoms with Crippen molar-refractivity contribution in [2.45, 2.75) is 31.9 Å². The maximum absolute atomic E-state index is 5.51. The van der Waals surface area contributed by atoms with Gasteiger partial charge >= 0.3 is 0 Å². The lowest BCUT2D eigenvalue weighted by atomic mass is 9.96. The number of thiophene rings is 1. The van der Waals surface area contributed by atoms with E-state index >= 15 is 0 Å². The zero-order valence-electron chi connectivity index (χ0n) is 8.75. The highest BCUT2D eigenvalue weighted by Crippen LogP contribution is 2.31. The average Bonchev–Trinajstić information content (AvgIpc) is 2.68. The molecule has 0 aliphatic carbocycles. The quantitative estimate of drug-likeness (QED) is 0.828.